The van der Waals surface area contributed by atoms with Crippen LogP contribution in [0.1, 0.15) is 17.0 Å². The van der Waals surface area contributed by atoms with Crippen molar-refractivity contribution < 1.29 is 14.3 Å². The third-order valence-electron chi connectivity index (χ3n) is 4.61. The first-order valence-corrected chi connectivity index (χ1v) is 7.61. The first-order chi connectivity index (χ1) is 10.7. The Kier molecular flexibility index (Phi) is 3.15. The Morgan fingerprint density at radius 2 is 2.18 bits per heavy atom. The van der Waals surface area contributed by atoms with Gasteiger partial charge in [-0.1, -0.05) is 12.1 Å². The van der Waals surface area contributed by atoms with Crippen LogP contribution in [0.5, 0.6) is 5.75 Å². The number of phenolic OH excluding ortho intramolecular Hbond substituents is 1. The molecule has 5 nitrogen and oxygen atoms in total. The number of hydrogen-bond acceptors (Lipinski definition) is 4. The summed E-state index contributed by atoms with van der Waals surface area (Å²) in [6, 6.07) is 10.5. The van der Waals surface area contributed by atoms with E-state index < -0.39 is 0 Å². The molecule has 4 rings (SSSR count). The molecule has 2 bridgehead atoms. The molecule has 1 aromatic carbocycles. The van der Waals surface area contributed by atoms with E-state index in [0.29, 0.717) is 17.4 Å². The molecule has 0 radical (unpaired) electrons. The van der Waals surface area contributed by atoms with Crippen molar-refractivity contribution in [2.24, 2.45) is 5.92 Å². The summed E-state index contributed by atoms with van der Waals surface area (Å²) in [5.41, 5.74) is 0.755. The van der Waals surface area contributed by atoms with E-state index in [1.165, 1.54) is 0 Å². The van der Waals surface area contributed by atoms with Gasteiger partial charge in [-0.3, -0.25) is 4.79 Å². The maximum Gasteiger partial charge on any atom is 0.287 e. The molecule has 2 unspecified atom stereocenters. The lowest BCUT2D eigenvalue weighted by Crippen LogP contribution is -2.43. The minimum atomic E-state index is -0.162. The lowest BCUT2D eigenvalue weighted by molar-refractivity contribution is 0.0897. The van der Waals surface area contributed by atoms with Crippen LogP contribution < -0.4 is 5.32 Å². The summed E-state index contributed by atoms with van der Waals surface area (Å²) in [5.74, 6) is 1.49. The van der Waals surface area contributed by atoms with Crippen LogP contribution in [-0.4, -0.2) is 41.6 Å². The number of rotatable bonds is 3. The smallest absolute Gasteiger partial charge is 0.287 e. The second-order valence-corrected chi connectivity index (χ2v) is 6.10. The number of phenols is 1. The zero-order valence-electron chi connectivity index (χ0n) is 12.2. The van der Waals surface area contributed by atoms with E-state index >= 15 is 0 Å². The fraction of sp³-hybridized carbons (Fsp3) is 0.353. The Hall–Kier alpha value is -2.27. The van der Waals surface area contributed by atoms with Crippen LogP contribution >= 0.6 is 0 Å². The molecule has 1 aromatic heterocycles. The fourth-order valence-corrected chi connectivity index (χ4v) is 3.46. The van der Waals surface area contributed by atoms with Gasteiger partial charge in [0.2, 0.25) is 0 Å². The molecule has 3 heterocycles. The number of nitrogens with one attached hydrogen (secondary N) is 1. The van der Waals surface area contributed by atoms with Crippen molar-refractivity contribution >= 4 is 5.91 Å². The van der Waals surface area contributed by atoms with E-state index in [4.69, 9.17) is 4.42 Å². The first kappa shape index (κ1) is 13.4. The van der Waals surface area contributed by atoms with Gasteiger partial charge in [0, 0.05) is 24.7 Å². The molecule has 2 aliphatic heterocycles. The predicted octanol–water partition coefficient (Wildman–Crippen LogP) is 2.09. The van der Waals surface area contributed by atoms with Crippen molar-refractivity contribution in [3.63, 3.8) is 0 Å². The quantitative estimate of drug-likeness (QED) is 0.910. The van der Waals surface area contributed by atoms with Gasteiger partial charge in [0.15, 0.2) is 5.76 Å². The van der Waals surface area contributed by atoms with Crippen molar-refractivity contribution in [3.05, 3.63) is 42.2 Å². The Morgan fingerprint density at radius 1 is 1.27 bits per heavy atom. The number of carbonyl (C=O) groups is 1. The molecule has 22 heavy (non-hydrogen) atoms. The number of aromatic hydroxyl groups is 1. The number of piperidine rings is 1. The number of nitrogens with zero attached hydrogens (tertiary/aromatic N) is 1. The maximum absolute atomic E-state index is 12.3. The molecule has 1 amide bonds. The Labute approximate surface area is 128 Å². The van der Waals surface area contributed by atoms with Crippen LogP contribution in [0, 0.1) is 5.92 Å². The zero-order chi connectivity index (χ0) is 15.1. The molecule has 2 N–H and O–H groups in total. The van der Waals surface area contributed by atoms with Gasteiger partial charge in [0.25, 0.3) is 5.91 Å². The number of furan rings is 1. The highest BCUT2D eigenvalue weighted by Gasteiger charge is 2.38. The summed E-state index contributed by atoms with van der Waals surface area (Å²) in [4.78, 5) is 14.7. The summed E-state index contributed by atoms with van der Waals surface area (Å²) in [7, 11) is 0. The lowest BCUT2D eigenvalue weighted by atomic mass is 10.00. The van der Waals surface area contributed by atoms with Crippen LogP contribution in [-0.2, 0) is 0 Å². The van der Waals surface area contributed by atoms with Gasteiger partial charge in [-0.2, -0.15) is 0 Å². The zero-order valence-corrected chi connectivity index (χ0v) is 12.2. The lowest BCUT2D eigenvalue weighted by Gasteiger charge is -2.22. The van der Waals surface area contributed by atoms with Crippen LogP contribution in [0.4, 0.5) is 0 Å². The minimum absolute atomic E-state index is 0.162. The monoisotopic (exact) mass is 298 g/mol. The van der Waals surface area contributed by atoms with E-state index in [2.05, 4.69) is 10.2 Å². The van der Waals surface area contributed by atoms with Gasteiger partial charge < -0.3 is 19.7 Å². The molecule has 114 valence electrons. The molecule has 2 saturated heterocycles. The third-order valence-corrected chi connectivity index (χ3v) is 4.61. The predicted molar refractivity (Wildman–Crippen MR) is 81.6 cm³/mol. The summed E-state index contributed by atoms with van der Waals surface area (Å²) in [6.45, 7) is 3.19. The standard InChI is InChI=1S/C17H18N2O3/c20-13-3-1-2-11(8-13)15-4-5-16(22-15)17(21)18-14-10-19-7-6-12(14)9-19/h1-5,8,12,14,20H,6-7,9-10H2,(H,18,21)/t12-,14?/m0/s1. The summed E-state index contributed by atoms with van der Waals surface area (Å²) < 4.78 is 5.64. The minimum Gasteiger partial charge on any atom is -0.508 e. The van der Waals surface area contributed by atoms with Crippen molar-refractivity contribution in [1.82, 2.24) is 10.2 Å². The Balaban J connectivity index is 1.48. The molecule has 0 saturated carbocycles. The SMILES string of the molecule is O=C(NC1CN2CC[C@H]1C2)c1ccc(-c2cccc(O)c2)o1. The van der Waals surface area contributed by atoms with Crippen molar-refractivity contribution in [2.75, 3.05) is 19.6 Å². The van der Waals surface area contributed by atoms with Crippen LogP contribution in [0.25, 0.3) is 11.3 Å². The van der Waals surface area contributed by atoms with Gasteiger partial charge in [-0.05, 0) is 43.1 Å². The second kappa shape index (κ2) is 5.18. The van der Waals surface area contributed by atoms with Gasteiger partial charge in [-0.15, -0.1) is 0 Å². The topological polar surface area (TPSA) is 65.7 Å². The Bertz CT molecular complexity index is 709. The summed E-state index contributed by atoms with van der Waals surface area (Å²) in [5, 5.41) is 12.6. The van der Waals surface area contributed by atoms with Crippen molar-refractivity contribution in [1.29, 1.82) is 0 Å². The molecule has 0 spiro atoms. The van der Waals surface area contributed by atoms with Gasteiger partial charge in [0.05, 0.1) is 0 Å². The van der Waals surface area contributed by atoms with E-state index in [0.717, 1.165) is 31.6 Å². The van der Waals surface area contributed by atoms with Crippen molar-refractivity contribution in [2.45, 2.75) is 12.5 Å². The molecular formula is C17H18N2O3. The molecule has 5 heteroatoms. The van der Waals surface area contributed by atoms with Gasteiger partial charge in [0.1, 0.15) is 11.5 Å². The highest BCUT2D eigenvalue weighted by Crippen LogP contribution is 2.29. The molecule has 2 aromatic rings. The summed E-state index contributed by atoms with van der Waals surface area (Å²) >= 11 is 0. The number of hydrogen-bond donors (Lipinski definition) is 2. The maximum atomic E-state index is 12.3. The molecule has 0 aliphatic carbocycles. The number of carbonyl (C=O) groups excluding carboxylic acids is 1. The van der Waals surface area contributed by atoms with E-state index in [-0.39, 0.29) is 17.7 Å². The molecule has 2 aliphatic rings. The average molecular weight is 298 g/mol. The average Bonchev–Trinajstić information content (AvgIpc) is 3.23. The van der Waals surface area contributed by atoms with Crippen LogP contribution in [0.2, 0.25) is 0 Å². The van der Waals surface area contributed by atoms with E-state index in [1.807, 2.05) is 6.07 Å². The number of benzene rings is 1. The number of fused-ring (bicyclic) bond motifs is 2. The largest absolute Gasteiger partial charge is 0.508 e. The normalized spacial score (nSPS) is 26.3. The van der Waals surface area contributed by atoms with Gasteiger partial charge >= 0.3 is 0 Å². The third kappa shape index (κ3) is 2.37. The highest BCUT2D eigenvalue weighted by molar-refractivity contribution is 5.92. The molecule has 3 atom stereocenters. The van der Waals surface area contributed by atoms with Crippen LogP contribution in [0.15, 0.2) is 40.8 Å². The molecule has 2 fully saturated rings. The molecular weight excluding hydrogens is 280 g/mol. The highest BCUT2D eigenvalue weighted by atomic mass is 16.4. The Morgan fingerprint density at radius 3 is 2.91 bits per heavy atom. The summed E-state index contributed by atoms with van der Waals surface area (Å²) in [6.07, 6.45) is 1.16. The second-order valence-electron chi connectivity index (χ2n) is 6.10. The number of amides is 1. The van der Waals surface area contributed by atoms with Crippen LogP contribution in [0.3, 0.4) is 0 Å². The first-order valence-electron chi connectivity index (χ1n) is 7.61. The fourth-order valence-electron chi connectivity index (χ4n) is 3.46. The van der Waals surface area contributed by atoms with Gasteiger partial charge in [-0.25, -0.2) is 0 Å². The van der Waals surface area contributed by atoms with Crippen molar-refractivity contribution in [3.8, 4) is 17.1 Å². The van der Waals surface area contributed by atoms with E-state index in [1.54, 1.807) is 30.3 Å². The van der Waals surface area contributed by atoms with E-state index in [9.17, 15) is 9.90 Å².